The van der Waals surface area contributed by atoms with E-state index in [0.29, 0.717) is 0 Å². The molecule has 1 unspecified atom stereocenters. The molecule has 1 aromatic rings. The SMILES string of the molecule is CCOCCCC(N)c1ccc(OC)c(OC)c1. The van der Waals surface area contributed by atoms with Gasteiger partial charge in [0, 0.05) is 19.3 Å². The predicted octanol–water partition coefficient (Wildman–Crippen LogP) is 2.52. The molecule has 18 heavy (non-hydrogen) atoms. The van der Waals surface area contributed by atoms with Gasteiger partial charge in [0.25, 0.3) is 0 Å². The van der Waals surface area contributed by atoms with Crippen LogP contribution in [0.1, 0.15) is 31.4 Å². The van der Waals surface area contributed by atoms with Crippen LogP contribution in [-0.4, -0.2) is 27.4 Å². The van der Waals surface area contributed by atoms with Crippen LogP contribution in [0.5, 0.6) is 11.5 Å². The Morgan fingerprint density at radius 2 is 1.89 bits per heavy atom. The van der Waals surface area contributed by atoms with Gasteiger partial charge in [0.15, 0.2) is 11.5 Å². The number of hydrogen-bond donors (Lipinski definition) is 1. The lowest BCUT2D eigenvalue weighted by Gasteiger charge is -2.15. The van der Waals surface area contributed by atoms with Crippen molar-refractivity contribution < 1.29 is 14.2 Å². The van der Waals surface area contributed by atoms with E-state index in [1.807, 2.05) is 25.1 Å². The first-order valence-electron chi connectivity index (χ1n) is 6.28. The highest BCUT2D eigenvalue weighted by Crippen LogP contribution is 2.30. The van der Waals surface area contributed by atoms with Gasteiger partial charge in [-0.05, 0) is 37.5 Å². The number of benzene rings is 1. The molecule has 0 spiro atoms. The molecule has 1 rings (SSSR count). The summed E-state index contributed by atoms with van der Waals surface area (Å²) in [4.78, 5) is 0. The number of hydrogen-bond acceptors (Lipinski definition) is 4. The minimum absolute atomic E-state index is 0.00487. The van der Waals surface area contributed by atoms with Crippen molar-refractivity contribution in [3.63, 3.8) is 0 Å². The van der Waals surface area contributed by atoms with Crippen molar-refractivity contribution in [3.8, 4) is 11.5 Å². The van der Waals surface area contributed by atoms with E-state index >= 15 is 0 Å². The Hall–Kier alpha value is -1.26. The summed E-state index contributed by atoms with van der Waals surface area (Å²) in [6.45, 7) is 3.51. The van der Waals surface area contributed by atoms with E-state index in [-0.39, 0.29) is 6.04 Å². The predicted molar refractivity (Wildman–Crippen MR) is 72.2 cm³/mol. The van der Waals surface area contributed by atoms with Gasteiger partial charge in [0.2, 0.25) is 0 Å². The Morgan fingerprint density at radius 3 is 2.50 bits per heavy atom. The lowest BCUT2D eigenvalue weighted by Crippen LogP contribution is -2.11. The van der Waals surface area contributed by atoms with E-state index in [1.165, 1.54) is 0 Å². The molecule has 0 fully saturated rings. The topological polar surface area (TPSA) is 53.7 Å². The molecule has 0 bridgehead atoms. The molecular weight excluding hydrogens is 230 g/mol. The van der Waals surface area contributed by atoms with E-state index in [2.05, 4.69) is 0 Å². The van der Waals surface area contributed by atoms with Crippen molar-refractivity contribution in [2.45, 2.75) is 25.8 Å². The number of rotatable bonds is 8. The van der Waals surface area contributed by atoms with Crippen LogP contribution in [0.4, 0.5) is 0 Å². The minimum Gasteiger partial charge on any atom is -0.493 e. The molecule has 1 atom stereocenters. The maximum absolute atomic E-state index is 6.14. The van der Waals surface area contributed by atoms with Gasteiger partial charge in [-0.25, -0.2) is 0 Å². The first-order chi connectivity index (χ1) is 8.72. The molecule has 2 N–H and O–H groups in total. The largest absolute Gasteiger partial charge is 0.493 e. The van der Waals surface area contributed by atoms with E-state index in [0.717, 1.165) is 43.1 Å². The van der Waals surface area contributed by atoms with Gasteiger partial charge in [-0.2, -0.15) is 0 Å². The van der Waals surface area contributed by atoms with Crippen LogP contribution in [0.25, 0.3) is 0 Å². The van der Waals surface area contributed by atoms with Crippen molar-refractivity contribution in [2.24, 2.45) is 5.73 Å². The first kappa shape index (κ1) is 14.8. The zero-order chi connectivity index (χ0) is 13.4. The molecule has 4 nitrogen and oxygen atoms in total. The van der Waals surface area contributed by atoms with E-state index in [1.54, 1.807) is 14.2 Å². The third kappa shape index (κ3) is 4.20. The summed E-state index contributed by atoms with van der Waals surface area (Å²) in [7, 11) is 3.25. The Balaban J connectivity index is 2.59. The second kappa shape index (κ2) is 7.95. The third-order valence-corrected chi connectivity index (χ3v) is 2.84. The molecule has 4 heteroatoms. The molecule has 0 amide bonds. The summed E-state index contributed by atoms with van der Waals surface area (Å²) in [5.74, 6) is 1.44. The molecular formula is C14H23NO3. The van der Waals surface area contributed by atoms with Gasteiger partial charge in [-0.3, -0.25) is 0 Å². The van der Waals surface area contributed by atoms with Crippen LogP contribution in [0.3, 0.4) is 0 Å². The monoisotopic (exact) mass is 253 g/mol. The van der Waals surface area contributed by atoms with E-state index < -0.39 is 0 Å². The molecule has 0 aliphatic carbocycles. The minimum atomic E-state index is 0.00487. The zero-order valence-corrected chi connectivity index (χ0v) is 11.4. The van der Waals surface area contributed by atoms with Crippen molar-refractivity contribution in [3.05, 3.63) is 23.8 Å². The average molecular weight is 253 g/mol. The Bertz CT molecular complexity index is 355. The van der Waals surface area contributed by atoms with Gasteiger partial charge < -0.3 is 19.9 Å². The Morgan fingerprint density at radius 1 is 1.17 bits per heavy atom. The lowest BCUT2D eigenvalue weighted by molar-refractivity contribution is 0.142. The fraction of sp³-hybridized carbons (Fsp3) is 0.571. The maximum Gasteiger partial charge on any atom is 0.161 e. The van der Waals surface area contributed by atoms with Crippen molar-refractivity contribution in [2.75, 3.05) is 27.4 Å². The summed E-state index contributed by atoms with van der Waals surface area (Å²) in [5.41, 5.74) is 7.20. The van der Waals surface area contributed by atoms with Gasteiger partial charge >= 0.3 is 0 Å². The van der Waals surface area contributed by atoms with Gasteiger partial charge in [0.05, 0.1) is 14.2 Å². The average Bonchev–Trinajstić information content (AvgIpc) is 2.42. The molecule has 0 saturated carbocycles. The Labute approximate surface area is 109 Å². The standard InChI is InChI=1S/C14H23NO3/c1-4-18-9-5-6-12(15)11-7-8-13(16-2)14(10-11)17-3/h7-8,10,12H,4-6,9,15H2,1-3H3. The van der Waals surface area contributed by atoms with Crippen molar-refractivity contribution in [1.29, 1.82) is 0 Å². The van der Waals surface area contributed by atoms with Gasteiger partial charge in [-0.1, -0.05) is 6.07 Å². The highest BCUT2D eigenvalue weighted by atomic mass is 16.5. The second-order valence-corrected chi connectivity index (χ2v) is 4.06. The summed E-state index contributed by atoms with van der Waals surface area (Å²) < 4.78 is 15.8. The highest BCUT2D eigenvalue weighted by molar-refractivity contribution is 5.43. The molecule has 0 radical (unpaired) electrons. The second-order valence-electron chi connectivity index (χ2n) is 4.06. The van der Waals surface area contributed by atoms with Crippen LogP contribution < -0.4 is 15.2 Å². The van der Waals surface area contributed by atoms with Gasteiger partial charge in [-0.15, -0.1) is 0 Å². The summed E-state index contributed by atoms with van der Waals surface area (Å²) >= 11 is 0. The molecule has 1 aromatic carbocycles. The van der Waals surface area contributed by atoms with Crippen molar-refractivity contribution >= 4 is 0 Å². The van der Waals surface area contributed by atoms with E-state index in [4.69, 9.17) is 19.9 Å². The van der Waals surface area contributed by atoms with E-state index in [9.17, 15) is 0 Å². The molecule has 0 aliphatic rings. The molecule has 0 aliphatic heterocycles. The summed E-state index contributed by atoms with van der Waals surface area (Å²) in [6.07, 6.45) is 1.86. The molecule has 0 saturated heterocycles. The zero-order valence-electron chi connectivity index (χ0n) is 11.4. The quantitative estimate of drug-likeness (QED) is 0.723. The van der Waals surface area contributed by atoms with Crippen LogP contribution in [-0.2, 0) is 4.74 Å². The lowest BCUT2D eigenvalue weighted by atomic mass is 10.0. The molecule has 0 aromatic heterocycles. The fourth-order valence-electron chi connectivity index (χ4n) is 1.80. The fourth-order valence-corrected chi connectivity index (χ4v) is 1.80. The number of ether oxygens (including phenoxy) is 3. The van der Waals surface area contributed by atoms with Crippen LogP contribution in [0.2, 0.25) is 0 Å². The molecule has 0 heterocycles. The van der Waals surface area contributed by atoms with Crippen LogP contribution >= 0.6 is 0 Å². The first-order valence-corrected chi connectivity index (χ1v) is 6.28. The van der Waals surface area contributed by atoms with Crippen molar-refractivity contribution in [1.82, 2.24) is 0 Å². The van der Waals surface area contributed by atoms with Crippen LogP contribution in [0.15, 0.2) is 18.2 Å². The number of methoxy groups -OCH3 is 2. The normalized spacial score (nSPS) is 12.2. The smallest absolute Gasteiger partial charge is 0.161 e. The molecule has 102 valence electrons. The highest BCUT2D eigenvalue weighted by Gasteiger charge is 2.10. The van der Waals surface area contributed by atoms with Crippen LogP contribution in [0, 0.1) is 0 Å². The third-order valence-electron chi connectivity index (χ3n) is 2.84. The number of nitrogens with two attached hydrogens (primary N) is 1. The van der Waals surface area contributed by atoms with Gasteiger partial charge in [0.1, 0.15) is 0 Å². The maximum atomic E-state index is 6.14. The summed E-state index contributed by atoms with van der Waals surface area (Å²) in [6, 6.07) is 5.80. The summed E-state index contributed by atoms with van der Waals surface area (Å²) in [5, 5.41) is 0. The Kier molecular flexibility index (Phi) is 6.54.